The quantitative estimate of drug-likeness (QED) is 0.704. The molecule has 88 valence electrons. The molecular weight excluding hydrogens is 208 g/mol. The van der Waals surface area contributed by atoms with Crippen LogP contribution in [0.25, 0.3) is 0 Å². The molecule has 1 aromatic rings. The van der Waals surface area contributed by atoms with Crippen molar-refractivity contribution in [3.05, 3.63) is 11.4 Å². The van der Waals surface area contributed by atoms with Crippen molar-refractivity contribution in [1.29, 1.82) is 0 Å². The number of hydrogen-bond acceptors (Lipinski definition) is 4. The number of carbonyl (C=O) groups excluding carboxylic acids is 1. The second-order valence-corrected chi connectivity index (χ2v) is 3.88. The number of nitrogens with two attached hydrogens (primary N) is 1. The fourth-order valence-corrected chi connectivity index (χ4v) is 1.72. The molecule has 1 amide bonds. The fourth-order valence-electron chi connectivity index (χ4n) is 1.72. The van der Waals surface area contributed by atoms with Crippen LogP contribution in [0.1, 0.15) is 41.9 Å². The Kier molecular flexibility index (Phi) is 3.19. The molecule has 0 aromatic carbocycles. The van der Waals surface area contributed by atoms with E-state index in [4.69, 9.17) is 10.5 Å². The van der Waals surface area contributed by atoms with Gasteiger partial charge in [-0.25, -0.2) is 4.68 Å². The maximum atomic E-state index is 11.2. The van der Waals surface area contributed by atoms with Crippen molar-refractivity contribution in [2.24, 2.45) is 5.73 Å². The Hall–Kier alpha value is -1.43. The van der Waals surface area contributed by atoms with Crippen LogP contribution < -0.4 is 5.73 Å². The van der Waals surface area contributed by atoms with Crippen molar-refractivity contribution in [2.45, 2.75) is 32.2 Å². The molecule has 1 saturated carbocycles. The third kappa shape index (κ3) is 2.21. The average Bonchev–Trinajstić information content (AvgIpc) is 3.00. The van der Waals surface area contributed by atoms with Gasteiger partial charge in [0.25, 0.3) is 5.91 Å². The largest absolute Gasteiger partial charge is 0.380 e. The van der Waals surface area contributed by atoms with Gasteiger partial charge in [0.2, 0.25) is 0 Å². The molecule has 0 unspecified atom stereocenters. The van der Waals surface area contributed by atoms with E-state index in [0.29, 0.717) is 31.4 Å². The van der Waals surface area contributed by atoms with Gasteiger partial charge in [-0.05, 0) is 19.8 Å². The summed E-state index contributed by atoms with van der Waals surface area (Å²) in [5.74, 6) is -0.0938. The van der Waals surface area contributed by atoms with Gasteiger partial charge in [0.05, 0.1) is 18.8 Å². The molecule has 6 nitrogen and oxygen atoms in total. The second kappa shape index (κ2) is 4.61. The van der Waals surface area contributed by atoms with Crippen LogP contribution in [0.2, 0.25) is 0 Å². The first-order valence-corrected chi connectivity index (χ1v) is 5.55. The lowest BCUT2D eigenvalue weighted by Crippen LogP contribution is -2.16. The predicted molar refractivity (Wildman–Crippen MR) is 57.0 cm³/mol. The van der Waals surface area contributed by atoms with Gasteiger partial charge in [-0.1, -0.05) is 5.21 Å². The molecule has 1 aliphatic carbocycles. The number of nitrogens with zero attached hydrogens (tertiary/aromatic N) is 3. The van der Waals surface area contributed by atoms with E-state index < -0.39 is 5.91 Å². The highest BCUT2D eigenvalue weighted by atomic mass is 16.5. The highest BCUT2D eigenvalue weighted by molar-refractivity contribution is 5.92. The first-order chi connectivity index (χ1) is 7.74. The minimum atomic E-state index is -0.496. The second-order valence-electron chi connectivity index (χ2n) is 3.88. The van der Waals surface area contributed by atoms with Crippen molar-refractivity contribution < 1.29 is 9.53 Å². The molecule has 2 rings (SSSR count). The summed E-state index contributed by atoms with van der Waals surface area (Å²) in [4.78, 5) is 11.2. The highest BCUT2D eigenvalue weighted by Gasteiger charge is 2.32. The number of rotatable bonds is 6. The molecule has 1 heterocycles. The Balaban J connectivity index is 2.14. The van der Waals surface area contributed by atoms with Crippen LogP contribution in [0.4, 0.5) is 0 Å². The maximum Gasteiger partial charge on any atom is 0.271 e. The van der Waals surface area contributed by atoms with Gasteiger partial charge in [0, 0.05) is 12.5 Å². The van der Waals surface area contributed by atoms with Gasteiger partial charge < -0.3 is 10.5 Å². The van der Waals surface area contributed by atoms with Crippen molar-refractivity contribution in [2.75, 3.05) is 13.2 Å². The fraction of sp³-hybridized carbons (Fsp3) is 0.700. The zero-order valence-electron chi connectivity index (χ0n) is 9.35. The molecule has 2 N–H and O–H groups in total. The number of amides is 1. The standard InChI is InChI=1S/C10H16N4O2/c1-2-16-6-5-14-9(7-3-4-7)8(10(11)15)12-13-14/h7H,2-6H2,1H3,(H2,11,15). The molecule has 1 aromatic heterocycles. The van der Waals surface area contributed by atoms with Crippen LogP contribution in [-0.4, -0.2) is 34.1 Å². The van der Waals surface area contributed by atoms with Crippen molar-refractivity contribution >= 4 is 5.91 Å². The van der Waals surface area contributed by atoms with Crippen LogP contribution in [-0.2, 0) is 11.3 Å². The van der Waals surface area contributed by atoms with Gasteiger partial charge in [-0.3, -0.25) is 4.79 Å². The van der Waals surface area contributed by atoms with Crippen LogP contribution in [0.15, 0.2) is 0 Å². The first kappa shape index (κ1) is 11.1. The lowest BCUT2D eigenvalue weighted by Gasteiger charge is -2.05. The lowest BCUT2D eigenvalue weighted by molar-refractivity contribution is 0.0994. The van der Waals surface area contributed by atoms with Crippen LogP contribution in [0.3, 0.4) is 0 Å². The Morgan fingerprint density at radius 1 is 1.62 bits per heavy atom. The molecule has 0 spiro atoms. The topological polar surface area (TPSA) is 83.0 Å². The number of ether oxygens (including phenoxy) is 1. The van der Waals surface area contributed by atoms with Crippen molar-refractivity contribution in [3.8, 4) is 0 Å². The number of carbonyl (C=O) groups is 1. The average molecular weight is 224 g/mol. The van der Waals surface area contributed by atoms with Crippen molar-refractivity contribution in [3.63, 3.8) is 0 Å². The van der Waals surface area contributed by atoms with Gasteiger partial charge in [0.1, 0.15) is 0 Å². The summed E-state index contributed by atoms with van der Waals surface area (Å²) < 4.78 is 7.00. The van der Waals surface area contributed by atoms with Gasteiger partial charge in [0.15, 0.2) is 5.69 Å². The Bertz CT molecular complexity index is 384. The number of hydrogen-bond donors (Lipinski definition) is 1. The summed E-state index contributed by atoms with van der Waals surface area (Å²) in [7, 11) is 0. The summed E-state index contributed by atoms with van der Waals surface area (Å²) >= 11 is 0. The summed E-state index contributed by atoms with van der Waals surface area (Å²) in [6, 6.07) is 0. The zero-order valence-corrected chi connectivity index (χ0v) is 9.35. The van der Waals surface area contributed by atoms with Crippen LogP contribution in [0.5, 0.6) is 0 Å². The molecule has 6 heteroatoms. The smallest absolute Gasteiger partial charge is 0.271 e. The maximum absolute atomic E-state index is 11.2. The minimum absolute atomic E-state index is 0.319. The van der Waals surface area contributed by atoms with Crippen LogP contribution >= 0.6 is 0 Å². The monoisotopic (exact) mass is 224 g/mol. The summed E-state index contributed by atoms with van der Waals surface area (Å²) in [6.45, 7) is 3.83. The number of aromatic nitrogens is 3. The SMILES string of the molecule is CCOCCn1nnc(C(N)=O)c1C1CC1. The van der Waals surface area contributed by atoms with E-state index in [2.05, 4.69) is 10.3 Å². The Labute approximate surface area is 93.8 Å². The highest BCUT2D eigenvalue weighted by Crippen LogP contribution is 2.40. The van der Waals surface area contributed by atoms with Crippen molar-refractivity contribution in [1.82, 2.24) is 15.0 Å². The van der Waals surface area contributed by atoms with E-state index in [9.17, 15) is 4.79 Å². The van der Waals surface area contributed by atoms with E-state index in [0.717, 1.165) is 18.5 Å². The van der Waals surface area contributed by atoms with E-state index in [-0.39, 0.29) is 0 Å². The molecular formula is C10H16N4O2. The molecule has 0 aliphatic heterocycles. The van der Waals surface area contributed by atoms with E-state index in [1.165, 1.54) is 0 Å². The first-order valence-electron chi connectivity index (χ1n) is 5.55. The molecule has 0 atom stereocenters. The van der Waals surface area contributed by atoms with Gasteiger partial charge >= 0.3 is 0 Å². The van der Waals surface area contributed by atoms with E-state index in [1.807, 2.05) is 6.92 Å². The normalized spacial score (nSPS) is 15.3. The minimum Gasteiger partial charge on any atom is -0.380 e. The van der Waals surface area contributed by atoms with Crippen LogP contribution in [0, 0.1) is 0 Å². The molecule has 1 aliphatic rings. The molecule has 0 bridgehead atoms. The zero-order chi connectivity index (χ0) is 11.5. The lowest BCUT2D eigenvalue weighted by atomic mass is 10.2. The molecule has 1 fully saturated rings. The molecule has 0 saturated heterocycles. The molecule has 16 heavy (non-hydrogen) atoms. The number of primary amides is 1. The molecule has 0 radical (unpaired) electrons. The van der Waals surface area contributed by atoms with E-state index in [1.54, 1.807) is 4.68 Å². The summed E-state index contributed by atoms with van der Waals surface area (Å²) in [5.41, 5.74) is 6.46. The Morgan fingerprint density at radius 3 is 2.94 bits per heavy atom. The van der Waals surface area contributed by atoms with Gasteiger partial charge in [-0.15, -0.1) is 5.10 Å². The summed E-state index contributed by atoms with van der Waals surface area (Å²) in [6.07, 6.45) is 2.17. The van der Waals surface area contributed by atoms with Gasteiger partial charge in [-0.2, -0.15) is 0 Å². The third-order valence-corrected chi connectivity index (χ3v) is 2.62. The Morgan fingerprint density at radius 2 is 2.38 bits per heavy atom. The summed E-state index contributed by atoms with van der Waals surface area (Å²) in [5, 5.41) is 7.79. The third-order valence-electron chi connectivity index (χ3n) is 2.62. The predicted octanol–water partition coefficient (Wildman–Crippen LogP) is 0.291. The van der Waals surface area contributed by atoms with E-state index >= 15 is 0 Å².